The number of anilines is 1. The molecule has 0 spiro atoms. The summed E-state index contributed by atoms with van der Waals surface area (Å²) in [6.45, 7) is -0.658. The van der Waals surface area contributed by atoms with Crippen LogP contribution >= 0.6 is 0 Å². The second-order valence-electron chi connectivity index (χ2n) is 6.73. The summed E-state index contributed by atoms with van der Waals surface area (Å²) in [6, 6.07) is 5.40. The number of allylic oxidation sites excluding steroid dienone is 2. The minimum absolute atomic E-state index is 0.278. The third-order valence-electron chi connectivity index (χ3n) is 4.81. The molecule has 8 heteroatoms. The molecule has 1 aliphatic carbocycles. The molecular weight excluding hydrogens is 353 g/mol. The summed E-state index contributed by atoms with van der Waals surface area (Å²) in [7, 11) is 1.41. The van der Waals surface area contributed by atoms with Gasteiger partial charge < -0.3 is 10.2 Å². The molecular formula is C19H20FN3O4. The first-order valence-corrected chi connectivity index (χ1v) is 8.66. The van der Waals surface area contributed by atoms with Crippen LogP contribution in [0.5, 0.6) is 0 Å². The second-order valence-corrected chi connectivity index (χ2v) is 6.73. The Morgan fingerprint density at radius 2 is 1.81 bits per heavy atom. The normalized spacial score (nSPS) is 21.2. The van der Waals surface area contributed by atoms with Crippen LogP contribution in [0.1, 0.15) is 12.8 Å². The fourth-order valence-corrected chi connectivity index (χ4v) is 3.35. The molecule has 4 amide bonds. The summed E-state index contributed by atoms with van der Waals surface area (Å²) in [5, 5.41) is 2.49. The van der Waals surface area contributed by atoms with Gasteiger partial charge in [-0.15, -0.1) is 0 Å². The SMILES string of the molecule is CN(CC(=O)Nc1cccc(F)c1)C(=O)CN1C(=O)[C@@H]2CC=CC[C@H]2C1=O. The molecule has 1 aromatic carbocycles. The molecule has 2 aliphatic rings. The summed E-state index contributed by atoms with van der Waals surface area (Å²) in [4.78, 5) is 51.3. The van der Waals surface area contributed by atoms with Crippen molar-refractivity contribution in [3.05, 3.63) is 42.2 Å². The molecule has 142 valence electrons. The van der Waals surface area contributed by atoms with Gasteiger partial charge in [-0.05, 0) is 31.0 Å². The minimum atomic E-state index is -0.516. The number of hydrogen-bond acceptors (Lipinski definition) is 4. The van der Waals surface area contributed by atoms with Crippen LogP contribution in [0.3, 0.4) is 0 Å². The van der Waals surface area contributed by atoms with Gasteiger partial charge in [0.15, 0.2) is 0 Å². The van der Waals surface area contributed by atoms with Gasteiger partial charge in [0.2, 0.25) is 23.6 Å². The van der Waals surface area contributed by atoms with E-state index in [2.05, 4.69) is 5.32 Å². The lowest BCUT2D eigenvalue weighted by Crippen LogP contribution is -2.44. The summed E-state index contributed by atoms with van der Waals surface area (Å²) in [5.41, 5.74) is 0.280. The second kappa shape index (κ2) is 7.69. The summed E-state index contributed by atoms with van der Waals surface area (Å²) in [5.74, 6) is -2.96. The topological polar surface area (TPSA) is 86.8 Å². The summed E-state index contributed by atoms with van der Waals surface area (Å²) < 4.78 is 13.1. The predicted molar refractivity (Wildman–Crippen MR) is 94.7 cm³/mol. The zero-order chi connectivity index (χ0) is 19.6. The number of rotatable bonds is 5. The number of nitrogens with one attached hydrogen (secondary N) is 1. The highest BCUT2D eigenvalue weighted by Crippen LogP contribution is 2.34. The van der Waals surface area contributed by atoms with Gasteiger partial charge in [-0.3, -0.25) is 24.1 Å². The van der Waals surface area contributed by atoms with Crippen LogP contribution in [0, 0.1) is 17.7 Å². The van der Waals surface area contributed by atoms with E-state index < -0.39 is 29.5 Å². The highest BCUT2D eigenvalue weighted by molar-refractivity contribution is 6.07. The Labute approximate surface area is 155 Å². The molecule has 2 atom stereocenters. The van der Waals surface area contributed by atoms with Gasteiger partial charge in [-0.25, -0.2) is 4.39 Å². The van der Waals surface area contributed by atoms with Crippen LogP contribution in [-0.2, 0) is 19.2 Å². The lowest BCUT2D eigenvalue weighted by atomic mass is 9.85. The number of hydrogen-bond donors (Lipinski definition) is 1. The van der Waals surface area contributed by atoms with Crippen LogP contribution in [0.4, 0.5) is 10.1 Å². The number of likely N-dealkylation sites (N-methyl/N-ethyl adjacent to an activating group) is 1. The van der Waals surface area contributed by atoms with Gasteiger partial charge in [0.1, 0.15) is 12.4 Å². The fraction of sp³-hybridized carbons (Fsp3) is 0.368. The summed E-state index contributed by atoms with van der Waals surface area (Å²) >= 11 is 0. The van der Waals surface area contributed by atoms with Crippen molar-refractivity contribution < 1.29 is 23.6 Å². The van der Waals surface area contributed by atoms with Crippen LogP contribution in [0.25, 0.3) is 0 Å². The number of likely N-dealkylation sites (tertiary alicyclic amines) is 1. The zero-order valence-corrected chi connectivity index (χ0v) is 14.9. The fourth-order valence-electron chi connectivity index (χ4n) is 3.35. The van der Waals surface area contributed by atoms with Gasteiger partial charge in [-0.2, -0.15) is 0 Å². The number of halogens is 1. The quantitative estimate of drug-likeness (QED) is 0.620. The maximum Gasteiger partial charge on any atom is 0.243 e. The first-order chi connectivity index (χ1) is 12.9. The largest absolute Gasteiger partial charge is 0.335 e. The highest BCUT2D eigenvalue weighted by atomic mass is 19.1. The lowest BCUT2D eigenvalue weighted by Gasteiger charge is -2.20. The van der Waals surface area contributed by atoms with Crippen molar-refractivity contribution in [3.8, 4) is 0 Å². The van der Waals surface area contributed by atoms with Crippen molar-refractivity contribution in [3.63, 3.8) is 0 Å². The van der Waals surface area contributed by atoms with Gasteiger partial charge in [0, 0.05) is 12.7 Å². The van der Waals surface area contributed by atoms with Crippen LogP contribution in [0.2, 0.25) is 0 Å². The van der Waals surface area contributed by atoms with E-state index in [0.29, 0.717) is 12.8 Å². The average molecular weight is 373 g/mol. The average Bonchev–Trinajstić information content (AvgIpc) is 2.87. The van der Waals surface area contributed by atoms with Crippen molar-refractivity contribution in [1.29, 1.82) is 0 Å². The number of fused-ring (bicyclic) bond motifs is 1. The summed E-state index contributed by atoms with van der Waals surface area (Å²) in [6.07, 6.45) is 4.76. The van der Waals surface area contributed by atoms with Crippen LogP contribution in [0.15, 0.2) is 36.4 Å². The van der Waals surface area contributed by atoms with Crippen molar-refractivity contribution in [2.45, 2.75) is 12.8 Å². The first kappa shape index (κ1) is 18.8. The maximum absolute atomic E-state index is 13.1. The molecule has 27 heavy (non-hydrogen) atoms. The number of imide groups is 1. The Balaban J connectivity index is 1.55. The molecule has 3 rings (SSSR count). The predicted octanol–water partition coefficient (Wildman–Crippen LogP) is 1.17. The Morgan fingerprint density at radius 3 is 2.41 bits per heavy atom. The van der Waals surface area contributed by atoms with Crippen molar-refractivity contribution in [1.82, 2.24) is 9.80 Å². The standard InChI is InChI=1S/C19H20FN3O4/c1-22(10-16(24)21-13-6-4-5-12(20)9-13)17(25)11-23-18(26)14-7-2-3-8-15(14)19(23)27/h2-6,9,14-15H,7-8,10-11H2,1H3,(H,21,24)/t14-,15-/m1/s1. The van der Waals surface area contributed by atoms with E-state index in [1.54, 1.807) is 0 Å². The Morgan fingerprint density at radius 1 is 1.19 bits per heavy atom. The molecule has 0 radical (unpaired) electrons. The van der Waals surface area contributed by atoms with E-state index in [-0.39, 0.29) is 30.6 Å². The van der Waals surface area contributed by atoms with Crippen molar-refractivity contribution >= 4 is 29.3 Å². The number of carbonyl (C=O) groups excluding carboxylic acids is 4. The molecule has 1 saturated heterocycles. The monoisotopic (exact) mass is 373 g/mol. The zero-order valence-electron chi connectivity index (χ0n) is 14.9. The van der Waals surface area contributed by atoms with Gasteiger partial charge in [-0.1, -0.05) is 18.2 Å². The molecule has 0 unspecified atom stereocenters. The third-order valence-corrected chi connectivity index (χ3v) is 4.81. The number of nitrogens with zero attached hydrogens (tertiary/aromatic N) is 2. The molecule has 0 bridgehead atoms. The molecule has 1 heterocycles. The van der Waals surface area contributed by atoms with E-state index in [9.17, 15) is 23.6 Å². The maximum atomic E-state index is 13.1. The van der Waals surface area contributed by atoms with E-state index in [1.807, 2.05) is 12.2 Å². The van der Waals surface area contributed by atoms with Gasteiger partial charge in [0.25, 0.3) is 0 Å². The van der Waals surface area contributed by atoms with Crippen LogP contribution in [-0.4, -0.2) is 53.6 Å². The first-order valence-electron chi connectivity index (χ1n) is 8.66. The van der Waals surface area contributed by atoms with E-state index in [4.69, 9.17) is 0 Å². The molecule has 1 aromatic rings. The molecule has 1 fully saturated rings. The molecule has 1 N–H and O–H groups in total. The molecule has 0 saturated carbocycles. The van der Waals surface area contributed by atoms with E-state index >= 15 is 0 Å². The Hall–Kier alpha value is -3.03. The minimum Gasteiger partial charge on any atom is -0.335 e. The van der Waals surface area contributed by atoms with Crippen LogP contribution < -0.4 is 5.32 Å². The smallest absolute Gasteiger partial charge is 0.243 e. The Kier molecular flexibility index (Phi) is 5.34. The van der Waals surface area contributed by atoms with Gasteiger partial charge in [0.05, 0.1) is 18.4 Å². The van der Waals surface area contributed by atoms with Crippen molar-refractivity contribution in [2.75, 3.05) is 25.5 Å². The van der Waals surface area contributed by atoms with Gasteiger partial charge >= 0.3 is 0 Å². The number of benzene rings is 1. The number of amides is 4. The molecule has 7 nitrogen and oxygen atoms in total. The molecule has 1 aliphatic heterocycles. The highest BCUT2D eigenvalue weighted by Gasteiger charge is 2.47. The lowest BCUT2D eigenvalue weighted by molar-refractivity contribution is -0.146. The number of carbonyl (C=O) groups is 4. The van der Waals surface area contributed by atoms with E-state index in [1.165, 1.54) is 25.2 Å². The third kappa shape index (κ3) is 4.05. The van der Waals surface area contributed by atoms with Crippen molar-refractivity contribution in [2.24, 2.45) is 11.8 Å². The Bertz CT molecular complexity index is 797. The molecule has 0 aromatic heterocycles. The van der Waals surface area contributed by atoms with E-state index in [0.717, 1.165) is 15.9 Å².